The molecule has 0 radical (unpaired) electrons. The first-order valence-corrected chi connectivity index (χ1v) is 8.69. The van der Waals surface area contributed by atoms with E-state index in [1.807, 2.05) is 34.0 Å². The van der Waals surface area contributed by atoms with Gasteiger partial charge in [0.2, 0.25) is 11.8 Å². The third-order valence-corrected chi connectivity index (χ3v) is 5.87. The van der Waals surface area contributed by atoms with Crippen molar-refractivity contribution in [3.63, 3.8) is 0 Å². The highest BCUT2D eigenvalue weighted by Crippen LogP contribution is 2.38. The lowest BCUT2D eigenvalue weighted by Crippen LogP contribution is -2.51. The van der Waals surface area contributed by atoms with Gasteiger partial charge in [-0.1, -0.05) is 25.4 Å². The number of ketones is 1. The number of imide groups is 1. The molecule has 2 atom stereocenters. The summed E-state index contributed by atoms with van der Waals surface area (Å²) in [5.41, 5.74) is -1.25. The van der Waals surface area contributed by atoms with Crippen LogP contribution in [0.2, 0.25) is 0 Å². The molecule has 0 spiro atoms. The molecule has 2 amide bonds. The van der Waals surface area contributed by atoms with Gasteiger partial charge in [0.25, 0.3) is 0 Å². The van der Waals surface area contributed by atoms with Gasteiger partial charge in [0.05, 0.1) is 5.25 Å². The summed E-state index contributed by atoms with van der Waals surface area (Å²) in [6, 6.07) is 0. The van der Waals surface area contributed by atoms with Crippen molar-refractivity contribution < 1.29 is 14.4 Å². The van der Waals surface area contributed by atoms with Crippen LogP contribution in [-0.4, -0.2) is 44.6 Å². The van der Waals surface area contributed by atoms with Crippen molar-refractivity contribution in [3.8, 4) is 0 Å². The summed E-state index contributed by atoms with van der Waals surface area (Å²) in [4.78, 5) is 38.0. The molecule has 0 bridgehead atoms. The topological polar surface area (TPSA) is 54.5 Å². The van der Waals surface area contributed by atoms with E-state index in [9.17, 15) is 14.4 Å². The Balaban J connectivity index is 3.09. The summed E-state index contributed by atoms with van der Waals surface area (Å²) < 4.78 is 0. The SMILES string of the molecule is C=C=S(C)C1CC(=O)N(C(C)(C)CC(C)(C)C(C)=O)C1=O. The molecule has 5 heteroatoms. The number of hydrogen-bond acceptors (Lipinski definition) is 3. The largest absolute Gasteiger partial charge is 0.299 e. The molecule has 1 heterocycles. The van der Waals surface area contributed by atoms with E-state index < -0.39 is 21.4 Å². The molecule has 2 unspecified atom stereocenters. The summed E-state index contributed by atoms with van der Waals surface area (Å²) in [6.45, 7) is 12.5. The van der Waals surface area contributed by atoms with Crippen LogP contribution in [0.4, 0.5) is 0 Å². The van der Waals surface area contributed by atoms with E-state index >= 15 is 0 Å². The van der Waals surface area contributed by atoms with Crippen LogP contribution in [-0.2, 0) is 14.4 Å². The quantitative estimate of drug-likeness (QED) is 0.578. The molecule has 0 saturated carbocycles. The first-order chi connectivity index (χ1) is 9.44. The fourth-order valence-electron chi connectivity index (χ4n) is 2.90. The van der Waals surface area contributed by atoms with Crippen molar-refractivity contribution in [2.45, 2.75) is 58.2 Å². The predicted molar refractivity (Wildman–Crippen MR) is 87.6 cm³/mol. The minimum atomic E-state index is -0.677. The third kappa shape index (κ3) is 3.53. The smallest absolute Gasteiger partial charge is 0.243 e. The minimum Gasteiger partial charge on any atom is -0.299 e. The molecule has 0 aromatic carbocycles. The lowest BCUT2D eigenvalue weighted by molar-refractivity contribution is -0.147. The van der Waals surface area contributed by atoms with Gasteiger partial charge in [-0.15, -0.1) is 10.5 Å². The van der Waals surface area contributed by atoms with E-state index in [-0.39, 0.29) is 29.3 Å². The second-order valence-electron chi connectivity index (χ2n) is 6.89. The van der Waals surface area contributed by atoms with Crippen molar-refractivity contribution in [3.05, 3.63) is 6.58 Å². The highest BCUT2D eigenvalue weighted by Gasteiger charge is 2.48. The zero-order chi connectivity index (χ0) is 16.6. The van der Waals surface area contributed by atoms with Crippen molar-refractivity contribution in [2.24, 2.45) is 5.41 Å². The van der Waals surface area contributed by atoms with Crippen LogP contribution in [0.5, 0.6) is 0 Å². The molecule has 4 nitrogen and oxygen atoms in total. The number of Topliss-reactive ketones (excluding diaryl/α,β-unsaturated/α-hetero) is 1. The molecule has 0 aromatic rings. The van der Waals surface area contributed by atoms with Gasteiger partial charge in [0, 0.05) is 17.4 Å². The van der Waals surface area contributed by atoms with E-state index in [2.05, 4.69) is 11.6 Å². The molecule has 1 aliphatic heterocycles. The molecular weight excluding hydrogens is 286 g/mol. The molecule has 1 saturated heterocycles. The minimum absolute atomic E-state index is 0.0564. The van der Waals surface area contributed by atoms with E-state index in [4.69, 9.17) is 0 Å². The van der Waals surface area contributed by atoms with Gasteiger partial charge < -0.3 is 0 Å². The van der Waals surface area contributed by atoms with Crippen LogP contribution >= 0.6 is 10.5 Å². The molecule has 0 aliphatic carbocycles. The van der Waals surface area contributed by atoms with Gasteiger partial charge in [0.1, 0.15) is 5.78 Å². The maximum absolute atomic E-state index is 12.6. The van der Waals surface area contributed by atoms with Gasteiger partial charge in [-0.2, -0.15) is 0 Å². The number of carbonyl (C=O) groups excluding carboxylic acids is 3. The third-order valence-electron chi connectivity index (χ3n) is 4.19. The standard InChI is InChI=1S/C16H25NO3S/c1-8-21(7)12-9-13(19)17(14(12)20)16(5,6)10-15(3,4)11(2)18/h12H,1,9-10H2,2-7H3. The van der Waals surface area contributed by atoms with E-state index in [1.54, 1.807) is 6.92 Å². The fraction of sp³-hybridized carbons (Fsp3) is 0.688. The predicted octanol–water partition coefficient (Wildman–Crippen LogP) is 2.38. The normalized spacial score (nSPS) is 21.4. The average molecular weight is 311 g/mol. The molecular formula is C16H25NO3S. The van der Waals surface area contributed by atoms with Crippen LogP contribution in [0.15, 0.2) is 6.58 Å². The number of hydrogen-bond donors (Lipinski definition) is 0. The van der Waals surface area contributed by atoms with E-state index in [0.29, 0.717) is 6.42 Å². The van der Waals surface area contributed by atoms with Crippen molar-refractivity contribution in [2.75, 3.05) is 6.26 Å². The van der Waals surface area contributed by atoms with Gasteiger partial charge in [-0.05, 0) is 33.4 Å². The van der Waals surface area contributed by atoms with Crippen LogP contribution < -0.4 is 0 Å². The van der Waals surface area contributed by atoms with Crippen LogP contribution in [0.25, 0.3) is 0 Å². The Morgan fingerprint density at radius 1 is 1.38 bits per heavy atom. The number of rotatable bonds is 5. The lowest BCUT2D eigenvalue weighted by atomic mass is 9.77. The first-order valence-electron chi connectivity index (χ1n) is 6.99. The molecule has 0 aromatic heterocycles. The molecule has 21 heavy (non-hydrogen) atoms. The lowest BCUT2D eigenvalue weighted by Gasteiger charge is -2.39. The first kappa shape index (κ1) is 17.9. The van der Waals surface area contributed by atoms with Crippen molar-refractivity contribution in [1.29, 1.82) is 0 Å². The second kappa shape index (κ2) is 5.90. The molecule has 1 fully saturated rings. The van der Waals surface area contributed by atoms with Crippen LogP contribution in [0.1, 0.15) is 47.5 Å². The van der Waals surface area contributed by atoms with E-state index in [1.165, 1.54) is 4.90 Å². The number of amides is 2. The van der Waals surface area contributed by atoms with Gasteiger partial charge in [-0.3, -0.25) is 19.3 Å². The molecule has 0 N–H and O–H groups in total. The zero-order valence-electron chi connectivity index (χ0n) is 13.8. The highest BCUT2D eigenvalue weighted by molar-refractivity contribution is 8.15. The summed E-state index contributed by atoms with van der Waals surface area (Å²) >= 11 is 0. The zero-order valence-corrected chi connectivity index (χ0v) is 14.6. The summed E-state index contributed by atoms with van der Waals surface area (Å²) in [7, 11) is -0.431. The maximum atomic E-state index is 12.6. The van der Waals surface area contributed by atoms with Crippen LogP contribution in [0, 0.1) is 5.41 Å². The number of nitrogens with zero attached hydrogens (tertiary/aromatic N) is 1. The summed E-state index contributed by atoms with van der Waals surface area (Å²) in [5, 5.41) is 2.47. The molecule has 1 rings (SSSR count). The Morgan fingerprint density at radius 3 is 2.33 bits per heavy atom. The Hall–Kier alpha value is -1.19. The second-order valence-corrected chi connectivity index (χ2v) is 8.86. The van der Waals surface area contributed by atoms with Crippen molar-refractivity contribution in [1.82, 2.24) is 4.90 Å². The number of carbonyl (C=O) groups is 3. The Morgan fingerprint density at radius 2 is 1.90 bits per heavy atom. The maximum Gasteiger partial charge on any atom is 0.243 e. The fourth-order valence-corrected chi connectivity index (χ4v) is 3.90. The monoisotopic (exact) mass is 311 g/mol. The average Bonchev–Trinajstić information content (AvgIpc) is 2.62. The Labute approximate surface area is 129 Å². The molecule has 118 valence electrons. The Kier molecular flexibility index (Phi) is 5.01. The van der Waals surface area contributed by atoms with Gasteiger partial charge in [0.15, 0.2) is 0 Å². The van der Waals surface area contributed by atoms with Crippen molar-refractivity contribution >= 4 is 33.1 Å². The van der Waals surface area contributed by atoms with Crippen LogP contribution in [0.3, 0.4) is 0 Å². The number of likely N-dealkylation sites (tertiary alicyclic amines) is 1. The Bertz CT molecular complexity index is 542. The highest BCUT2D eigenvalue weighted by atomic mass is 32.2. The van der Waals surface area contributed by atoms with E-state index in [0.717, 1.165) is 0 Å². The molecule has 1 aliphatic rings. The summed E-state index contributed by atoms with van der Waals surface area (Å²) in [6.07, 6.45) is 2.54. The van der Waals surface area contributed by atoms with Gasteiger partial charge in [-0.25, -0.2) is 0 Å². The summed E-state index contributed by atoms with van der Waals surface area (Å²) in [5.74, 6) is -0.267. The van der Waals surface area contributed by atoms with Gasteiger partial charge >= 0.3 is 0 Å².